The Morgan fingerprint density at radius 3 is 2.52 bits per heavy atom. The monoisotopic (exact) mass is 283 g/mol. The lowest BCUT2D eigenvalue weighted by molar-refractivity contribution is 0.0908. The molecule has 1 amide bonds. The maximum absolute atomic E-state index is 12.4. The molecule has 0 fully saturated rings. The number of amides is 1. The summed E-state index contributed by atoms with van der Waals surface area (Å²) >= 11 is 0. The highest BCUT2D eigenvalue weighted by molar-refractivity contribution is 5.99. The molecule has 2 aromatic heterocycles. The van der Waals surface area contributed by atoms with E-state index in [1.165, 1.54) is 0 Å². The van der Waals surface area contributed by atoms with Gasteiger partial charge in [-0.2, -0.15) is 0 Å². The fraction of sp³-hybridized carbons (Fsp3) is 0.235. The lowest BCUT2D eigenvalue weighted by Gasteiger charge is -2.10. The van der Waals surface area contributed by atoms with Crippen LogP contribution in [0.15, 0.2) is 45.2 Å². The van der Waals surface area contributed by atoms with Crippen molar-refractivity contribution in [1.29, 1.82) is 0 Å². The number of hydrogen-bond donors (Lipinski definition) is 1. The van der Waals surface area contributed by atoms with Gasteiger partial charge in [-0.05, 0) is 39.0 Å². The van der Waals surface area contributed by atoms with Crippen molar-refractivity contribution < 1.29 is 13.6 Å². The van der Waals surface area contributed by atoms with Crippen LogP contribution >= 0.6 is 0 Å². The first-order valence-electron chi connectivity index (χ1n) is 6.91. The van der Waals surface area contributed by atoms with Gasteiger partial charge in [0, 0.05) is 10.9 Å². The van der Waals surface area contributed by atoms with Crippen LogP contribution in [0, 0.1) is 13.8 Å². The van der Waals surface area contributed by atoms with Crippen molar-refractivity contribution in [3.05, 3.63) is 59.2 Å². The van der Waals surface area contributed by atoms with Gasteiger partial charge in [0.1, 0.15) is 17.1 Å². The van der Waals surface area contributed by atoms with Crippen molar-refractivity contribution in [2.75, 3.05) is 0 Å². The number of hydrogen-bond acceptors (Lipinski definition) is 3. The quantitative estimate of drug-likeness (QED) is 0.786. The van der Waals surface area contributed by atoms with Crippen LogP contribution in [-0.2, 0) is 0 Å². The molecule has 0 spiro atoms. The molecule has 2 heterocycles. The molecule has 0 radical (unpaired) electrons. The number of furan rings is 2. The smallest absolute Gasteiger partial charge is 0.287 e. The molecule has 0 saturated heterocycles. The predicted octanol–water partition coefficient (Wildman–Crippen LogP) is 4.13. The van der Waals surface area contributed by atoms with Crippen LogP contribution in [0.1, 0.15) is 40.6 Å². The van der Waals surface area contributed by atoms with E-state index in [0.717, 1.165) is 28.1 Å². The van der Waals surface area contributed by atoms with E-state index in [2.05, 4.69) is 5.32 Å². The molecule has 0 aliphatic carbocycles. The number of benzene rings is 1. The molecule has 3 rings (SSSR count). The fourth-order valence-corrected chi connectivity index (χ4v) is 2.41. The molecule has 0 bridgehead atoms. The van der Waals surface area contributed by atoms with Crippen molar-refractivity contribution in [2.24, 2.45) is 0 Å². The van der Waals surface area contributed by atoms with Crippen molar-refractivity contribution in [2.45, 2.75) is 26.8 Å². The molecule has 4 heteroatoms. The maximum Gasteiger partial charge on any atom is 0.287 e. The van der Waals surface area contributed by atoms with Gasteiger partial charge in [0.25, 0.3) is 5.91 Å². The Morgan fingerprint density at radius 1 is 1.10 bits per heavy atom. The number of rotatable bonds is 3. The van der Waals surface area contributed by atoms with Gasteiger partial charge in [0.2, 0.25) is 0 Å². The largest absolute Gasteiger partial charge is 0.464 e. The van der Waals surface area contributed by atoms with Crippen LogP contribution in [0.4, 0.5) is 0 Å². The van der Waals surface area contributed by atoms with E-state index in [9.17, 15) is 4.79 Å². The highest BCUT2D eigenvalue weighted by Gasteiger charge is 2.20. The summed E-state index contributed by atoms with van der Waals surface area (Å²) in [6.45, 7) is 5.65. The van der Waals surface area contributed by atoms with Gasteiger partial charge in [0.15, 0.2) is 5.76 Å². The van der Waals surface area contributed by atoms with Gasteiger partial charge in [-0.25, -0.2) is 0 Å². The summed E-state index contributed by atoms with van der Waals surface area (Å²) in [7, 11) is 0. The second-order valence-corrected chi connectivity index (χ2v) is 5.20. The minimum absolute atomic E-state index is 0.209. The third-order valence-electron chi connectivity index (χ3n) is 3.59. The lowest BCUT2D eigenvalue weighted by atomic mass is 10.1. The van der Waals surface area contributed by atoms with Crippen LogP contribution in [-0.4, -0.2) is 5.91 Å². The Hall–Kier alpha value is -2.49. The molecular formula is C17H17NO3. The van der Waals surface area contributed by atoms with Crippen LogP contribution < -0.4 is 5.32 Å². The topological polar surface area (TPSA) is 55.4 Å². The third-order valence-corrected chi connectivity index (χ3v) is 3.59. The average Bonchev–Trinajstić information content (AvgIpc) is 3.04. The third kappa shape index (κ3) is 2.44. The lowest BCUT2D eigenvalue weighted by Crippen LogP contribution is -2.26. The molecule has 4 nitrogen and oxygen atoms in total. The van der Waals surface area contributed by atoms with Crippen molar-refractivity contribution in [1.82, 2.24) is 5.32 Å². The minimum atomic E-state index is -0.231. The number of para-hydroxylation sites is 1. The molecule has 21 heavy (non-hydrogen) atoms. The van der Waals surface area contributed by atoms with Crippen LogP contribution in [0.3, 0.4) is 0 Å². The Kier molecular flexibility index (Phi) is 3.29. The fourth-order valence-electron chi connectivity index (χ4n) is 2.41. The summed E-state index contributed by atoms with van der Waals surface area (Å²) < 4.78 is 11.2. The summed E-state index contributed by atoms with van der Waals surface area (Å²) in [6, 6.07) is 11.2. The molecule has 0 aliphatic heterocycles. The summed E-state index contributed by atoms with van der Waals surface area (Å²) in [4.78, 5) is 12.4. The predicted molar refractivity (Wildman–Crippen MR) is 80.3 cm³/mol. The first-order chi connectivity index (χ1) is 10.1. The van der Waals surface area contributed by atoms with Crippen LogP contribution in [0.5, 0.6) is 0 Å². The number of fused-ring (bicyclic) bond motifs is 1. The van der Waals surface area contributed by atoms with Gasteiger partial charge in [0.05, 0.1) is 6.04 Å². The standard InChI is InChI=1S/C17H17NO3/c1-10-8-9-14(20-10)12(3)18-17(19)16-11(2)13-6-4-5-7-15(13)21-16/h4-9,12H,1-3H3,(H,18,19). The van der Waals surface area contributed by atoms with E-state index in [1.807, 2.05) is 57.2 Å². The van der Waals surface area contributed by atoms with E-state index >= 15 is 0 Å². The number of carbonyl (C=O) groups is 1. The van der Waals surface area contributed by atoms with Crippen molar-refractivity contribution in [3.63, 3.8) is 0 Å². The molecule has 1 unspecified atom stereocenters. The summed E-state index contributed by atoms with van der Waals surface area (Å²) in [5, 5.41) is 3.86. The van der Waals surface area contributed by atoms with Crippen LogP contribution in [0.25, 0.3) is 11.0 Å². The van der Waals surface area contributed by atoms with Gasteiger partial charge < -0.3 is 14.2 Å². The molecule has 108 valence electrons. The zero-order chi connectivity index (χ0) is 15.0. The molecule has 0 aliphatic rings. The van der Waals surface area contributed by atoms with Gasteiger partial charge in [-0.1, -0.05) is 18.2 Å². The van der Waals surface area contributed by atoms with Gasteiger partial charge in [-0.3, -0.25) is 4.79 Å². The zero-order valence-electron chi connectivity index (χ0n) is 12.3. The normalized spacial score (nSPS) is 12.5. The van der Waals surface area contributed by atoms with E-state index < -0.39 is 0 Å². The van der Waals surface area contributed by atoms with E-state index in [0.29, 0.717) is 5.76 Å². The Bertz CT molecular complexity index is 797. The van der Waals surface area contributed by atoms with E-state index in [4.69, 9.17) is 8.83 Å². The van der Waals surface area contributed by atoms with E-state index in [-0.39, 0.29) is 11.9 Å². The highest BCUT2D eigenvalue weighted by atomic mass is 16.4. The first-order valence-corrected chi connectivity index (χ1v) is 6.91. The highest BCUT2D eigenvalue weighted by Crippen LogP contribution is 2.25. The molecule has 1 aromatic carbocycles. The Morgan fingerprint density at radius 2 is 1.86 bits per heavy atom. The van der Waals surface area contributed by atoms with Crippen molar-refractivity contribution in [3.8, 4) is 0 Å². The van der Waals surface area contributed by atoms with Crippen molar-refractivity contribution >= 4 is 16.9 Å². The minimum Gasteiger partial charge on any atom is -0.464 e. The Labute approximate surface area is 122 Å². The van der Waals surface area contributed by atoms with Gasteiger partial charge in [-0.15, -0.1) is 0 Å². The summed E-state index contributed by atoms with van der Waals surface area (Å²) in [6.07, 6.45) is 0. The first kappa shape index (κ1) is 13.5. The SMILES string of the molecule is Cc1ccc(C(C)NC(=O)c2oc3ccccc3c2C)o1. The second kappa shape index (κ2) is 5.13. The zero-order valence-corrected chi connectivity index (χ0v) is 12.3. The number of carbonyl (C=O) groups excluding carboxylic acids is 1. The molecule has 1 atom stereocenters. The molecule has 1 N–H and O–H groups in total. The van der Waals surface area contributed by atoms with Crippen LogP contribution in [0.2, 0.25) is 0 Å². The average molecular weight is 283 g/mol. The number of aryl methyl sites for hydroxylation is 2. The maximum atomic E-state index is 12.4. The molecule has 3 aromatic rings. The summed E-state index contributed by atoms with van der Waals surface area (Å²) in [5.74, 6) is 1.68. The molecule has 0 saturated carbocycles. The Balaban J connectivity index is 1.85. The van der Waals surface area contributed by atoms with Gasteiger partial charge >= 0.3 is 0 Å². The summed E-state index contributed by atoms with van der Waals surface area (Å²) in [5.41, 5.74) is 1.58. The molecular weight excluding hydrogens is 266 g/mol. The number of nitrogens with one attached hydrogen (secondary N) is 1. The second-order valence-electron chi connectivity index (χ2n) is 5.20. The van der Waals surface area contributed by atoms with E-state index in [1.54, 1.807) is 0 Å².